The largest absolute Gasteiger partial charge is 0.490 e. The first-order valence-corrected chi connectivity index (χ1v) is 11.9. The van der Waals surface area contributed by atoms with Crippen molar-refractivity contribution in [2.24, 2.45) is 0 Å². The fourth-order valence-corrected chi connectivity index (χ4v) is 3.97. The maximum atomic E-state index is 12.4. The zero-order chi connectivity index (χ0) is 24.0. The van der Waals surface area contributed by atoms with Gasteiger partial charge in [-0.15, -0.1) is 0 Å². The molecule has 1 amide bonds. The molecule has 0 fully saturated rings. The number of hydrogen-bond acceptors (Lipinski definition) is 4. The van der Waals surface area contributed by atoms with E-state index in [-0.39, 0.29) is 12.5 Å². The SMILES string of the molecule is CCOc1cc(CNc2ccc(C)c(C)c2)cc(Br)c1OCC(=O)Nc1ccc(C)c(Cl)c1. The number of carbonyl (C=O) groups is 1. The molecule has 0 spiro atoms. The monoisotopic (exact) mass is 530 g/mol. The summed E-state index contributed by atoms with van der Waals surface area (Å²) in [5.41, 5.74) is 6.15. The maximum Gasteiger partial charge on any atom is 0.262 e. The van der Waals surface area contributed by atoms with Crippen LogP contribution in [0.5, 0.6) is 11.5 Å². The predicted molar refractivity (Wildman–Crippen MR) is 139 cm³/mol. The third-order valence-electron chi connectivity index (χ3n) is 5.18. The Morgan fingerprint density at radius 2 is 1.67 bits per heavy atom. The van der Waals surface area contributed by atoms with Crippen LogP contribution >= 0.6 is 27.5 Å². The molecule has 0 aromatic heterocycles. The second kappa shape index (κ2) is 11.4. The Labute approximate surface area is 208 Å². The molecular weight excluding hydrogens is 504 g/mol. The second-order valence-corrected chi connectivity index (χ2v) is 9.05. The third kappa shape index (κ3) is 6.89. The number of hydrogen-bond donors (Lipinski definition) is 2. The number of nitrogens with one attached hydrogen (secondary N) is 2. The molecule has 0 aliphatic heterocycles. The lowest BCUT2D eigenvalue weighted by molar-refractivity contribution is -0.118. The van der Waals surface area contributed by atoms with Gasteiger partial charge in [0.1, 0.15) is 0 Å². The van der Waals surface area contributed by atoms with Crippen LogP contribution in [0.2, 0.25) is 5.02 Å². The molecule has 33 heavy (non-hydrogen) atoms. The van der Waals surface area contributed by atoms with Crippen LogP contribution < -0.4 is 20.1 Å². The fraction of sp³-hybridized carbons (Fsp3) is 0.269. The van der Waals surface area contributed by atoms with Gasteiger partial charge in [0.2, 0.25) is 0 Å². The molecule has 0 aliphatic carbocycles. The normalized spacial score (nSPS) is 10.6. The van der Waals surface area contributed by atoms with Gasteiger partial charge in [0.15, 0.2) is 18.1 Å². The lowest BCUT2D eigenvalue weighted by Crippen LogP contribution is -2.20. The van der Waals surface area contributed by atoms with Gasteiger partial charge < -0.3 is 20.1 Å². The molecule has 174 valence electrons. The molecule has 0 saturated carbocycles. The van der Waals surface area contributed by atoms with Crippen molar-refractivity contribution in [1.29, 1.82) is 0 Å². The third-order valence-corrected chi connectivity index (χ3v) is 6.17. The van der Waals surface area contributed by atoms with Crippen LogP contribution in [0, 0.1) is 20.8 Å². The van der Waals surface area contributed by atoms with Gasteiger partial charge in [-0.05, 0) is 102 Å². The van der Waals surface area contributed by atoms with Crippen LogP contribution in [-0.2, 0) is 11.3 Å². The quantitative estimate of drug-likeness (QED) is 0.310. The van der Waals surface area contributed by atoms with Crippen molar-refractivity contribution in [3.05, 3.63) is 80.3 Å². The number of amides is 1. The molecule has 0 saturated heterocycles. The summed E-state index contributed by atoms with van der Waals surface area (Å²) in [4.78, 5) is 12.4. The Balaban J connectivity index is 1.67. The van der Waals surface area contributed by atoms with Gasteiger partial charge in [0, 0.05) is 22.9 Å². The smallest absolute Gasteiger partial charge is 0.262 e. The molecule has 0 radical (unpaired) electrons. The van der Waals surface area contributed by atoms with E-state index in [2.05, 4.69) is 58.6 Å². The van der Waals surface area contributed by atoms with E-state index in [1.807, 2.05) is 32.0 Å². The van der Waals surface area contributed by atoms with E-state index >= 15 is 0 Å². The molecular formula is C26H28BrClN2O3. The van der Waals surface area contributed by atoms with Gasteiger partial charge in [0.25, 0.3) is 5.91 Å². The van der Waals surface area contributed by atoms with Crippen molar-refractivity contribution in [2.45, 2.75) is 34.2 Å². The minimum atomic E-state index is -0.287. The standard InChI is InChI=1S/C26H28BrClN2O3/c1-5-32-24-12-19(14-29-20-8-6-16(2)18(4)10-20)11-22(27)26(24)33-15-25(31)30-21-9-7-17(3)23(28)13-21/h6-13,29H,5,14-15H2,1-4H3,(H,30,31). The fourth-order valence-electron chi connectivity index (χ4n) is 3.19. The van der Waals surface area contributed by atoms with Gasteiger partial charge in [-0.25, -0.2) is 0 Å². The molecule has 5 nitrogen and oxygen atoms in total. The van der Waals surface area contributed by atoms with E-state index < -0.39 is 0 Å². The first kappa shape index (κ1) is 24.9. The Morgan fingerprint density at radius 3 is 2.36 bits per heavy atom. The van der Waals surface area contributed by atoms with Gasteiger partial charge in [-0.3, -0.25) is 4.79 Å². The highest BCUT2D eigenvalue weighted by atomic mass is 79.9. The van der Waals surface area contributed by atoms with Crippen molar-refractivity contribution in [3.63, 3.8) is 0 Å². The number of anilines is 2. The van der Waals surface area contributed by atoms with E-state index in [4.69, 9.17) is 21.1 Å². The van der Waals surface area contributed by atoms with Gasteiger partial charge in [-0.1, -0.05) is 23.7 Å². The summed E-state index contributed by atoms with van der Waals surface area (Å²) in [5, 5.41) is 6.83. The minimum Gasteiger partial charge on any atom is -0.490 e. The zero-order valence-electron chi connectivity index (χ0n) is 19.2. The predicted octanol–water partition coefficient (Wildman–Crippen LogP) is 7.06. The van der Waals surface area contributed by atoms with Gasteiger partial charge >= 0.3 is 0 Å². The van der Waals surface area contributed by atoms with E-state index in [0.717, 1.165) is 21.3 Å². The Kier molecular flexibility index (Phi) is 8.64. The van der Waals surface area contributed by atoms with Crippen LogP contribution in [0.1, 0.15) is 29.2 Å². The highest BCUT2D eigenvalue weighted by Crippen LogP contribution is 2.37. The number of benzene rings is 3. The lowest BCUT2D eigenvalue weighted by Gasteiger charge is -2.16. The van der Waals surface area contributed by atoms with Crippen LogP contribution in [0.15, 0.2) is 53.0 Å². The number of halogens is 2. The molecule has 0 heterocycles. The summed E-state index contributed by atoms with van der Waals surface area (Å²) in [6, 6.07) is 15.6. The average molecular weight is 532 g/mol. The summed E-state index contributed by atoms with van der Waals surface area (Å²) in [7, 11) is 0. The van der Waals surface area contributed by atoms with Crippen LogP contribution in [0.3, 0.4) is 0 Å². The Morgan fingerprint density at radius 1 is 0.939 bits per heavy atom. The van der Waals surface area contributed by atoms with Crippen LogP contribution in [0.25, 0.3) is 0 Å². The maximum absolute atomic E-state index is 12.4. The summed E-state index contributed by atoms with van der Waals surface area (Å²) in [6.07, 6.45) is 0. The van der Waals surface area contributed by atoms with Gasteiger partial charge in [-0.2, -0.15) is 0 Å². The molecule has 0 aliphatic rings. The number of ether oxygens (including phenoxy) is 2. The van der Waals surface area contributed by atoms with Crippen molar-refractivity contribution in [3.8, 4) is 11.5 Å². The molecule has 0 bridgehead atoms. The van der Waals surface area contributed by atoms with Crippen molar-refractivity contribution < 1.29 is 14.3 Å². The highest BCUT2D eigenvalue weighted by molar-refractivity contribution is 9.10. The van der Waals surface area contributed by atoms with E-state index in [1.165, 1.54) is 11.1 Å². The highest BCUT2D eigenvalue weighted by Gasteiger charge is 2.15. The Bertz CT molecular complexity index is 1150. The first-order valence-electron chi connectivity index (χ1n) is 10.7. The second-order valence-electron chi connectivity index (χ2n) is 7.79. The van der Waals surface area contributed by atoms with Crippen LogP contribution in [-0.4, -0.2) is 19.1 Å². The minimum absolute atomic E-state index is 0.162. The summed E-state index contributed by atoms with van der Waals surface area (Å²) in [6.45, 7) is 8.95. The summed E-state index contributed by atoms with van der Waals surface area (Å²) in [5.74, 6) is 0.781. The van der Waals surface area contributed by atoms with Crippen LogP contribution in [0.4, 0.5) is 11.4 Å². The molecule has 0 unspecified atom stereocenters. The number of aryl methyl sites for hydroxylation is 3. The summed E-state index contributed by atoms with van der Waals surface area (Å²) < 4.78 is 12.3. The van der Waals surface area contributed by atoms with Gasteiger partial charge in [0.05, 0.1) is 11.1 Å². The van der Waals surface area contributed by atoms with Crippen molar-refractivity contribution in [2.75, 3.05) is 23.8 Å². The average Bonchev–Trinajstić information content (AvgIpc) is 2.77. The summed E-state index contributed by atoms with van der Waals surface area (Å²) >= 11 is 9.70. The molecule has 7 heteroatoms. The molecule has 3 aromatic carbocycles. The lowest BCUT2D eigenvalue weighted by atomic mass is 10.1. The van der Waals surface area contributed by atoms with E-state index in [9.17, 15) is 4.79 Å². The Hall–Kier alpha value is -2.70. The van der Waals surface area contributed by atoms with Crippen molar-refractivity contribution >= 4 is 44.8 Å². The van der Waals surface area contributed by atoms with Crippen molar-refractivity contribution in [1.82, 2.24) is 0 Å². The van der Waals surface area contributed by atoms with E-state index in [0.29, 0.717) is 35.4 Å². The molecule has 0 atom stereocenters. The molecule has 3 aromatic rings. The zero-order valence-corrected chi connectivity index (χ0v) is 21.6. The van der Waals surface area contributed by atoms with E-state index in [1.54, 1.807) is 12.1 Å². The topological polar surface area (TPSA) is 59.6 Å². The number of carbonyl (C=O) groups excluding carboxylic acids is 1. The molecule has 2 N–H and O–H groups in total. The molecule has 3 rings (SSSR count). The number of rotatable bonds is 9. The first-order chi connectivity index (χ1) is 15.8.